The topological polar surface area (TPSA) is 63.4 Å². The van der Waals surface area contributed by atoms with E-state index in [0.29, 0.717) is 17.8 Å². The van der Waals surface area contributed by atoms with E-state index in [9.17, 15) is 0 Å². The second-order valence-electron chi connectivity index (χ2n) is 5.38. The Morgan fingerprint density at radius 3 is 3.11 bits per heavy atom. The standard InChI is InChI=1S/C13H22N4O2/c1-3-17-6-7-18-11(8-17)12-15-13(19-16-12)10-4-5-14-9(10)2/h9-11,14H,3-8H2,1-2H3. The predicted molar refractivity (Wildman–Crippen MR) is 69.9 cm³/mol. The van der Waals surface area contributed by atoms with Gasteiger partial charge in [0.1, 0.15) is 6.10 Å². The molecule has 2 saturated heterocycles. The summed E-state index contributed by atoms with van der Waals surface area (Å²) in [5, 5.41) is 7.53. The third-order valence-electron chi connectivity index (χ3n) is 4.19. The van der Waals surface area contributed by atoms with Crippen molar-refractivity contribution >= 4 is 0 Å². The van der Waals surface area contributed by atoms with Crippen molar-refractivity contribution in [1.29, 1.82) is 0 Å². The van der Waals surface area contributed by atoms with Crippen molar-refractivity contribution in [2.75, 3.05) is 32.8 Å². The minimum Gasteiger partial charge on any atom is -0.367 e. The normalized spacial score (nSPS) is 32.8. The van der Waals surface area contributed by atoms with E-state index in [1.165, 1.54) is 0 Å². The van der Waals surface area contributed by atoms with E-state index in [4.69, 9.17) is 9.26 Å². The summed E-state index contributed by atoms with van der Waals surface area (Å²) in [5.74, 6) is 1.80. The third-order valence-corrected chi connectivity index (χ3v) is 4.19. The molecule has 1 aromatic heterocycles. The van der Waals surface area contributed by atoms with E-state index >= 15 is 0 Å². The zero-order chi connectivity index (χ0) is 13.2. The second kappa shape index (κ2) is 5.56. The molecule has 0 aromatic carbocycles. The zero-order valence-corrected chi connectivity index (χ0v) is 11.6. The van der Waals surface area contributed by atoms with Gasteiger partial charge in [0, 0.05) is 19.1 Å². The summed E-state index contributed by atoms with van der Waals surface area (Å²) in [7, 11) is 0. The molecule has 2 aliphatic rings. The molecule has 2 fully saturated rings. The number of ether oxygens (including phenoxy) is 1. The van der Waals surface area contributed by atoms with Crippen molar-refractivity contribution in [1.82, 2.24) is 20.4 Å². The molecule has 0 bridgehead atoms. The van der Waals surface area contributed by atoms with E-state index in [1.807, 2.05) is 0 Å². The molecule has 3 heterocycles. The Bertz CT molecular complexity index is 423. The molecular weight excluding hydrogens is 244 g/mol. The van der Waals surface area contributed by atoms with Crippen molar-refractivity contribution in [3.63, 3.8) is 0 Å². The van der Waals surface area contributed by atoms with Crippen molar-refractivity contribution in [2.45, 2.75) is 38.3 Å². The Morgan fingerprint density at radius 2 is 2.37 bits per heavy atom. The van der Waals surface area contributed by atoms with Crippen LogP contribution in [0.3, 0.4) is 0 Å². The van der Waals surface area contributed by atoms with Gasteiger partial charge in [-0.15, -0.1) is 0 Å². The number of hydrogen-bond donors (Lipinski definition) is 1. The summed E-state index contributed by atoms with van der Waals surface area (Å²) < 4.78 is 11.2. The van der Waals surface area contributed by atoms with Gasteiger partial charge in [-0.3, -0.25) is 4.90 Å². The van der Waals surface area contributed by atoms with Gasteiger partial charge in [0.2, 0.25) is 11.7 Å². The van der Waals surface area contributed by atoms with Crippen LogP contribution in [0.5, 0.6) is 0 Å². The van der Waals surface area contributed by atoms with Crippen molar-refractivity contribution < 1.29 is 9.26 Å². The van der Waals surface area contributed by atoms with Gasteiger partial charge >= 0.3 is 0 Å². The fraction of sp³-hybridized carbons (Fsp3) is 0.846. The Morgan fingerprint density at radius 1 is 1.47 bits per heavy atom. The first kappa shape index (κ1) is 13.0. The van der Waals surface area contributed by atoms with Crippen LogP contribution in [-0.2, 0) is 4.74 Å². The molecule has 3 unspecified atom stereocenters. The lowest BCUT2D eigenvalue weighted by Gasteiger charge is -2.30. The molecular formula is C13H22N4O2. The molecule has 0 amide bonds. The Balaban J connectivity index is 1.70. The maximum Gasteiger partial charge on any atom is 0.231 e. The molecule has 6 heteroatoms. The average molecular weight is 266 g/mol. The monoisotopic (exact) mass is 266 g/mol. The lowest BCUT2D eigenvalue weighted by Crippen LogP contribution is -2.38. The van der Waals surface area contributed by atoms with Gasteiger partial charge in [0.15, 0.2) is 0 Å². The number of rotatable bonds is 3. The molecule has 1 N–H and O–H groups in total. The highest BCUT2D eigenvalue weighted by Gasteiger charge is 2.31. The number of nitrogens with zero attached hydrogens (tertiary/aromatic N) is 3. The van der Waals surface area contributed by atoms with Crippen LogP contribution in [0.2, 0.25) is 0 Å². The third kappa shape index (κ3) is 2.66. The number of hydrogen-bond acceptors (Lipinski definition) is 6. The van der Waals surface area contributed by atoms with Crippen LogP contribution in [0.4, 0.5) is 0 Å². The van der Waals surface area contributed by atoms with Crippen LogP contribution in [0.1, 0.15) is 44.0 Å². The fourth-order valence-corrected chi connectivity index (χ4v) is 2.87. The minimum absolute atomic E-state index is 0.0455. The summed E-state index contributed by atoms with van der Waals surface area (Å²) in [6, 6.07) is 0.410. The van der Waals surface area contributed by atoms with E-state index in [0.717, 1.165) is 45.1 Å². The van der Waals surface area contributed by atoms with Gasteiger partial charge in [-0.05, 0) is 26.4 Å². The first-order chi connectivity index (χ1) is 9.28. The van der Waals surface area contributed by atoms with Crippen LogP contribution < -0.4 is 5.32 Å². The number of likely N-dealkylation sites (N-methyl/N-ethyl adjacent to an activating group) is 1. The highest BCUT2D eigenvalue weighted by molar-refractivity contribution is 5.03. The molecule has 0 aliphatic carbocycles. The maximum absolute atomic E-state index is 5.76. The van der Waals surface area contributed by atoms with Crippen LogP contribution in [0.15, 0.2) is 4.52 Å². The van der Waals surface area contributed by atoms with E-state index < -0.39 is 0 Å². The lowest BCUT2D eigenvalue weighted by atomic mass is 10.0. The van der Waals surface area contributed by atoms with Gasteiger partial charge < -0.3 is 14.6 Å². The predicted octanol–water partition coefficient (Wildman–Crippen LogP) is 0.928. The van der Waals surface area contributed by atoms with Gasteiger partial charge in [0.25, 0.3) is 0 Å². The molecule has 3 rings (SSSR count). The summed E-state index contributed by atoms with van der Waals surface area (Å²) >= 11 is 0. The van der Waals surface area contributed by atoms with Gasteiger partial charge in [0.05, 0.1) is 12.5 Å². The molecule has 106 valence electrons. The zero-order valence-electron chi connectivity index (χ0n) is 11.6. The molecule has 19 heavy (non-hydrogen) atoms. The molecule has 0 radical (unpaired) electrons. The first-order valence-electron chi connectivity index (χ1n) is 7.18. The Labute approximate surface area is 113 Å². The van der Waals surface area contributed by atoms with Crippen LogP contribution >= 0.6 is 0 Å². The van der Waals surface area contributed by atoms with Gasteiger partial charge in [-0.1, -0.05) is 12.1 Å². The summed E-state index contributed by atoms with van der Waals surface area (Å²) in [6.07, 6.45) is 1.02. The number of nitrogens with one attached hydrogen (secondary N) is 1. The highest BCUT2D eigenvalue weighted by atomic mass is 16.5. The number of aromatic nitrogens is 2. The summed E-state index contributed by atoms with van der Waals surface area (Å²) in [5.41, 5.74) is 0. The SMILES string of the molecule is CCN1CCOC(c2noc(C3CCNC3C)n2)C1. The van der Waals surface area contributed by atoms with Crippen LogP contribution in [-0.4, -0.2) is 53.9 Å². The van der Waals surface area contributed by atoms with Crippen LogP contribution in [0, 0.1) is 0 Å². The maximum atomic E-state index is 5.76. The molecule has 2 aliphatic heterocycles. The van der Waals surface area contributed by atoms with E-state index in [2.05, 4.69) is 34.2 Å². The molecule has 1 aromatic rings. The van der Waals surface area contributed by atoms with E-state index in [1.54, 1.807) is 0 Å². The van der Waals surface area contributed by atoms with E-state index in [-0.39, 0.29) is 6.10 Å². The first-order valence-corrected chi connectivity index (χ1v) is 7.18. The summed E-state index contributed by atoms with van der Waals surface area (Å²) in [4.78, 5) is 6.92. The number of morpholine rings is 1. The van der Waals surface area contributed by atoms with Gasteiger partial charge in [-0.2, -0.15) is 4.98 Å². The van der Waals surface area contributed by atoms with Crippen molar-refractivity contribution in [3.05, 3.63) is 11.7 Å². The molecule has 0 spiro atoms. The van der Waals surface area contributed by atoms with Crippen LogP contribution in [0.25, 0.3) is 0 Å². The smallest absolute Gasteiger partial charge is 0.231 e. The second-order valence-corrected chi connectivity index (χ2v) is 5.38. The quantitative estimate of drug-likeness (QED) is 0.878. The molecule has 6 nitrogen and oxygen atoms in total. The average Bonchev–Trinajstić information content (AvgIpc) is 3.07. The lowest BCUT2D eigenvalue weighted by molar-refractivity contribution is -0.0334. The van der Waals surface area contributed by atoms with Gasteiger partial charge in [-0.25, -0.2) is 0 Å². The highest BCUT2D eigenvalue weighted by Crippen LogP contribution is 2.28. The Hall–Kier alpha value is -0.980. The summed E-state index contributed by atoms with van der Waals surface area (Å²) in [6.45, 7) is 8.97. The largest absolute Gasteiger partial charge is 0.367 e. The Kier molecular flexibility index (Phi) is 3.81. The minimum atomic E-state index is -0.0455. The van der Waals surface area contributed by atoms with Crippen molar-refractivity contribution in [3.8, 4) is 0 Å². The van der Waals surface area contributed by atoms with Crippen molar-refractivity contribution in [2.24, 2.45) is 0 Å². The molecule has 0 saturated carbocycles. The fourth-order valence-electron chi connectivity index (χ4n) is 2.87. The molecule has 3 atom stereocenters.